The molecule has 126 valence electrons. The first kappa shape index (κ1) is 16.7. The maximum absolute atomic E-state index is 12.7. The van der Waals surface area contributed by atoms with E-state index in [1.165, 1.54) is 6.42 Å². The van der Waals surface area contributed by atoms with Crippen LogP contribution >= 0.6 is 11.6 Å². The van der Waals surface area contributed by atoms with Gasteiger partial charge in [-0.1, -0.05) is 11.6 Å². The van der Waals surface area contributed by atoms with Gasteiger partial charge in [0.25, 0.3) is 5.91 Å². The number of nitrogens with one attached hydrogen (secondary N) is 1. The molecule has 6 heteroatoms. The van der Waals surface area contributed by atoms with Gasteiger partial charge in [0.2, 0.25) is 0 Å². The second kappa shape index (κ2) is 7.18. The molecule has 2 heterocycles. The highest BCUT2D eigenvalue weighted by molar-refractivity contribution is 6.30. The summed E-state index contributed by atoms with van der Waals surface area (Å²) in [7, 11) is 0. The van der Waals surface area contributed by atoms with E-state index < -0.39 is 0 Å². The largest absolute Gasteiger partial charge is 0.340 e. The lowest BCUT2D eigenvalue weighted by Crippen LogP contribution is -2.36. The number of aromatic nitrogens is 2. The number of hydrogen-bond acceptors (Lipinski definition) is 4. The molecule has 1 aromatic heterocycles. The first-order chi connectivity index (χ1) is 11.5. The van der Waals surface area contributed by atoms with E-state index in [1.807, 2.05) is 30.0 Å². The van der Waals surface area contributed by atoms with Crippen LogP contribution in [0.5, 0.6) is 0 Å². The lowest BCUT2D eigenvalue weighted by Gasteiger charge is -2.26. The third-order valence-corrected chi connectivity index (χ3v) is 4.39. The third-order valence-electron chi connectivity index (χ3n) is 4.15. The number of anilines is 2. The van der Waals surface area contributed by atoms with Crippen molar-refractivity contribution in [2.75, 3.05) is 18.4 Å². The molecular weight excluding hydrogens is 324 g/mol. The van der Waals surface area contributed by atoms with Crippen molar-refractivity contribution >= 4 is 29.0 Å². The minimum absolute atomic E-state index is 0.0175. The standard InChI is InChI=1S/C18H21ClN4O/c1-12-10-14(19)6-7-15(12)22-17-11-16(20-13(2)21-17)18(24)23-8-4-3-5-9-23/h6-7,10-11H,3-5,8-9H2,1-2H3,(H,20,21,22). The summed E-state index contributed by atoms with van der Waals surface area (Å²) in [6.45, 7) is 5.39. The molecule has 1 aliphatic heterocycles. The van der Waals surface area contributed by atoms with Crippen LogP contribution in [0.1, 0.15) is 41.1 Å². The number of nitrogens with zero attached hydrogens (tertiary/aromatic N) is 3. The number of halogens is 1. The second-order valence-corrected chi connectivity index (χ2v) is 6.56. The maximum Gasteiger partial charge on any atom is 0.272 e. The Labute approximate surface area is 147 Å². The number of rotatable bonds is 3. The summed E-state index contributed by atoms with van der Waals surface area (Å²) in [6, 6.07) is 7.34. The Kier molecular flexibility index (Phi) is 5.00. The van der Waals surface area contributed by atoms with Crippen molar-refractivity contribution in [3.8, 4) is 0 Å². The summed E-state index contributed by atoms with van der Waals surface area (Å²) in [6.07, 6.45) is 3.31. The van der Waals surface area contributed by atoms with Crippen molar-refractivity contribution < 1.29 is 4.79 Å². The SMILES string of the molecule is Cc1nc(Nc2ccc(Cl)cc2C)cc(C(=O)N2CCCCC2)n1. The van der Waals surface area contributed by atoms with Gasteiger partial charge in [0.05, 0.1) is 0 Å². The van der Waals surface area contributed by atoms with Crippen LogP contribution in [0.15, 0.2) is 24.3 Å². The molecule has 0 spiro atoms. The van der Waals surface area contributed by atoms with E-state index in [0.717, 1.165) is 37.2 Å². The van der Waals surface area contributed by atoms with Gasteiger partial charge >= 0.3 is 0 Å². The molecule has 0 atom stereocenters. The summed E-state index contributed by atoms with van der Waals surface area (Å²) >= 11 is 5.99. The van der Waals surface area contributed by atoms with Crippen LogP contribution in [0.4, 0.5) is 11.5 Å². The molecule has 1 fully saturated rings. The molecule has 0 aliphatic carbocycles. The molecule has 24 heavy (non-hydrogen) atoms. The van der Waals surface area contributed by atoms with Gasteiger partial charge in [0.15, 0.2) is 0 Å². The molecule has 0 saturated carbocycles. The fourth-order valence-electron chi connectivity index (χ4n) is 2.91. The Morgan fingerprint density at radius 3 is 2.58 bits per heavy atom. The molecule has 1 aromatic carbocycles. The molecule has 0 bridgehead atoms. The zero-order valence-electron chi connectivity index (χ0n) is 14.0. The maximum atomic E-state index is 12.7. The number of amides is 1. The van der Waals surface area contributed by atoms with Crippen LogP contribution in [-0.2, 0) is 0 Å². The van der Waals surface area contributed by atoms with Crippen LogP contribution < -0.4 is 5.32 Å². The molecular formula is C18H21ClN4O. The van der Waals surface area contributed by atoms with Crippen LogP contribution in [0, 0.1) is 13.8 Å². The van der Waals surface area contributed by atoms with Gasteiger partial charge in [-0.05, 0) is 56.9 Å². The van der Waals surface area contributed by atoms with Crippen LogP contribution in [0.2, 0.25) is 5.02 Å². The lowest BCUT2D eigenvalue weighted by atomic mass is 10.1. The van der Waals surface area contributed by atoms with E-state index in [9.17, 15) is 4.79 Å². The van der Waals surface area contributed by atoms with Gasteiger partial charge in [-0.2, -0.15) is 0 Å². The van der Waals surface area contributed by atoms with Crippen molar-refractivity contribution in [3.05, 3.63) is 46.4 Å². The fourth-order valence-corrected chi connectivity index (χ4v) is 3.13. The first-order valence-electron chi connectivity index (χ1n) is 8.21. The first-order valence-corrected chi connectivity index (χ1v) is 8.59. The van der Waals surface area contributed by atoms with Crippen molar-refractivity contribution in [1.82, 2.24) is 14.9 Å². The van der Waals surface area contributed by atoms with E-state index in [2.05, 4.69) is 15.3 Å². The average Bonchev–Trinajstić information content (AvgIpc) is 2.57. The topological polar surface area (TPSA) is 58.1 Å². The van der Waals surface area contributed by atoms with E-state index >= 15 is 0 Å². The van der Waals surface area contributed by atoms with Gasteiger partial charge in [-0.3, -0.25) is 4.79 Å². The normalized spacial score (nSPS) is 14.5. The number of carbonyl (C=O) groups excluding carboxylic acids is 1. The molecule has 0 unspecified atom stereocenters. The number of carbonyl (C=O) groups is 1. The van der Waals surface area contributed by atoms with Gasteiger partial charge in [-0.25, -0.2) is 9.97 Å². The predicted molar refractivity (Wildman–Crippen MR) is 96.0 cm³/mol. The average molecular weight is 345 g/mol. The smallest absolute Gasteiger partial charge is 0.272 e. The zero-order valence-corrected chi connectivity index (χ0v) is 14.7. The Bertz CT molecular complexity index is 757. The number of likely N-dealkylation sites (tertiary alicyclic amines) is 1. The van der Waals surface area contributed by atoms with Crippen LogP contribution in [0.3, 0.4) is 0 Å². The monoisotopic (exact) mass is 344 g/mol. The van der Waals surface area contributed by atoms with E-state index in [-0.39, 0.29) is 5.91 Å². The van der Waals surface area contributed by atoms with Crippen molar-refractivity contribution in [2.24, 2.45) is 0 Å². The highest BCUT2D eigenvalue weighted by Gasteiger charge is 2.20. The summed E-state index contributed by atoms with van der Waals surface area (Å²) in [5, 5.41) is 3.95. The number of aryl methyl sites for hydroxylation is 2. The minimum Gasteiger partial charge on any atom is -0.340 e. The highest BCUT2D eigenvalue weighted by Crippen LogP contribution is 2.23. The van der Waals surface area contributed by atoms with E-state index in [1.54, 1.807) is 13.0 Å². The van der Waals surface area contributed by atoms with Crippen molar-refractivity contribution in [1.29, 1.82) is 0 Å². The molecule has 1 saturated heterocycles. The van der Waals surface area contributed by atoms with Gasteiger partial charge in [0, 0.05) is 29.9 Å². The molecule has 2 aromatic rings. The molecule has 0 radical (unpaired) electrons. The fraction of sp³-hybridized carbons (Fsp3) is 0.389. The summed E-state index contributed by atoms with van der Waals surface area (Å²) in [5.41, 5.74) is 2.37. The van der Waals surface area contributed by atoms with Gasteiger partial charge in [0.1, 0.15) is 17.3 Å². The third kappa shape index (κ3) is 3.85. The minimum atomic E-state index is -0.0175. The quantitative estimate of drug-likeness (QED) is 0.910. The summed E-state index contributed by atoms with van der Waals surface area (Å²) in [4.78, 5) is 23.3. The molecule has 3 rings (SSSR count). The van der Waals surface area contributed by atoms with Gasteiger partial charge in [-0.15, -0.1) is 0 Å². The van der Waals surface area contributed by atoms with Crippen LogP contribution in [-0.4, -0.2) is 33.9 Å². The molecule has 1 N–H and O–H groups in total. The van der Waals surface area contributed by atoms with E-state index in [4.69, 9.17) is 11.6 Å². The Hall–Kier alpha value is -2.14. The Morgan fingerprint density at radius 1 is 1.12 bits per heavy atom. The number of benzene rings is 1. The summed E-state index contributed by atoms with van der Waals surface area (Å²) < 4.78 is 0. The number of hydrogen-bond donors (Lipinski definition) is 1. The number of piperidine rings is 1. The zero-order chi connectivity index (χ0) is 17.1. The highest BCUT2D eigenvalue weighted by atomic mass is 35.5. The Balaban J connectivity index is 1.84. The second-order valence-electron chi connectivity index (χ2n) is 6.12. The van der Waals surface area contributed by atoms with Crippen molar-refractivity contribution in [2.45, 2.75) is 33.1 Å². The summed E-state index contributed by atoms with van der Waals surface area (Å²) in [5.74, 6) is 1.18. The van der Waals surface area contributed by atoms with Gasteiger partial charge < -0.3 is 10.2 Å². The molecule has 1 aliphatic rings. The van der Waals surface area contributed by atoms with Crippen molar-refractivity contribution in [3.63, 3.8) is 0 Å². The van der Waals surface area contributed by atoms with Crippen LogP contribution in [0.25, 0.3) is 0 Å². The lowest BCUT2D eigenvalue weighted by molar-refractivity contribution is 0.0718. The Morgan fingerprint density at radius 2 is 1.88 bits per heavy atom. The predicted octanol–water partition coefficient (Wildman–Crippen LogP) is 4.12. The molecule has 5 nitrogen and oxygen atoms in total. The molecule has 1 amide bonds. The van der Waals surface area contributed by atoms with E-state index in [0.29, 0.717) is 22.4 Å².